The lowest BCUT2D eigenvalue weighted by molar-refractivity contribution is -0.120. The minimum atomic E-state index is -0.121. The van der Waals surface area contributed by atoms with Crippen LogP contribution in [0.2, 0.25) is 5.02 Å². The third-order valence-corrected chi connectivity index (χ3v) is 5.99. The summed E-state index contributed by atoms with van der Waals surface area (Å²) in [6.45, 7) is 0. The number of rotatable bonds is 4. The summed E-state index contributed by atoms with van der Waals surface area (Å²) in [5.74, 6) is 1.64. The molecule has 0 saturated heterocycles. The van der Waals surface area contributed by atoms with E-state index in [1.54, 1.807) is 7.11 Å². The third kappa shape index (κ3) is 3.27. The summed E-state index contributed by atoms with van der Waals surface area (Å²) in [4.78, 5) is 19.5. The molecule has 5 rings (SSSR count). The Bertz CT molecular complexity index is 1030. The minimum Gasteiger partial charge on any atom is -0.497 e. The fraction of sp³-hybridized carbons (Fsp3) is 0.318. The topological polar surface area (TPSA) is 60.2 Å². The van der Waals surface area contributed by atoms with Gasteiger partial charge in [-0.3, -0.25) is 9.69 Å². The second kappa shape index (κ2) is 7.19. The number of methoxy groups -OCH3 is 1. The first-order chi connectivity index (χ1) is 14.2. The molecule has 6 nitrogen and oxygen atoms in total. The van der Waals surface area contributed by atoms with Crippen molar-refractivity contribution in [2.75, 3.05) is 12.0 Å². The standard InChI is InChI=1S/C22H21ClN4O2/c1-29-18-10-6-15(7-11-18)20-12-19(14-4-8-17(23)9-5-14)26(21(28)16-2-3-16)22-24-13-25-27(20)22/h4-11,13,16,19-20H,2-3,12H2,1H3/t19-,20+/m1/s1. The number of hydrogen-bond acceptors (Lipinski definition) is 4. The molecule has 2 aliphatic rings. The van der Waals surface area contributed by atoms with Gasteiger partial charge in [-0.1, -0.05) is 35.9 Å². The largest absolute Gasteiger partial charge is 0.497 e. The van der Waals surface area contributed by atoms with Gasteiger partial charge >= 0.3 is 0 Å². The Labute approximate surface area is 174 Å². The monoisotopic (exact) mass is 408 g/mol. The molecule has 0 spiro atoms. The zero-order valence-electron chi connectivity index (χ0n) is 16.0. The Morgan fingerprint density at radius 2 is 1.69 bits per heavy atom. The Hall–Kier alpha value is -2.86. The number of aromatic nitrogens is 3. The van der Waals surface area contributed by atoms with E-state index in [2.05, 4.69) is 10.1 Å². The SMILES string of the molecule is COc1ccc([C@@H]2C[C@H](c3ccc(Cl)cc3)N(C(=O)C3CC3)c3ncnn32)cc1. The van der Waals surface area contributed by atoms with Crippen molar-refractivity contribution < 1.29 is 9.53 Å². The molecule has 1 fully saturated rings. The molecule has 1 amide bonds. The molecule has 0 unspecified atom stereocenters. The summed E-state index contributed by atoms with van der Waals surface area (Å²) in [6.07, 6.45) is 4.13. The zero-order valence-corrected chi connectivity index (χ0v) is 16.8. The van der Waals surface area contributed by atoms with E-state index in [1.165, 1.54) is 6.33 Å². The smallest absolute Gasteiger partial charge is 0.233 e. The van der Waals surface area contributed by atoms with Crippen LogP contribution in [0.4, 0.5) is 5.95 Å². The summed E-state index contributed by atoms with van der Waals surface area (Å²) >= 11 is 6.11. The predicted octanol–water partition coefficient (Wildman–Crippen LogP) is 4.42. The first-order valence-corrected chi connectivity index (χ1v) is 10.2. The number of halogens is 1. The third-order valence-electron chi connectivity index (χ3n) is 5.74. The summed E-state index contributed by atoms with van der Waals surface area (Å²) in [5, 5.41) is 5.15. The van der Waals surface area contributed by atoms with Gasteiger partial charge in [-0.15, -0.1) is 0 Å². The summed E-state index contributed by atoms with van der Waals surface area (Å²) in [6, 6.07) is 15.6. The molecule has 29 heavy (non-hydrogen) atoms. The highest BCUT2D eigenvalue weighted by molar-refractivity contribution is 6.30. The van der Waals surface area contributed by atoms with E-state index in [1.807, 2.05) is 58.1 Å². The molecule has 0 radical (unpaired) electrons. The normalized spacial score (nSPS) is 21.0. The molecule has 148 valence electrons. The molecule has 1 aliphatic carbocycles. The van der Waals surface area contributed by atoms with Gasteiger partial charge in [-0.25, -0.2) is 4.68 Å². The fourth-order valence-corrected chi connectivity index (χ4v) is 4.17. The molecular formula is C22H21ClN4O2. The Balaban J connectivity index is 1.60. The van der Waals surface area contributed by atoms with Crippen LogP contribution in [0.25, 0.3) is 0 Å². The van der Waals surface area contributed by atoms with Gasteiger partial charge in [0.1, 0.15) is 12.1 Å². The number of benzene rings is 2. The summed E-state index contributed by atoms with van der Waals surface area (Å²) < 4.78 is 7.16. The number of amides is 1. The van der Waals surface area contributed by atoms with E-state index in [0.717, 1.165) is 29.7 Å². The quantitative estimate of drug-likeness (QED) is 0.641. The number of nitrogens with zero attached hydrogens (tertiary/aromatic N) is 4. The summed E-state index contributed by atoms with van der Waals surface area (Å²) in [7, 11) is 1.66. The lowest BCUT2D eigenvalue weighted by atomic mass is 9.91. The van der Waals surface area contributed by atoms with Gasteiger partial charge < -0.3 is 4.74 Å². The van der Waals surface area contributed by atoms with Gasteiger partial charge in [0.25, 0.3) is 0 Å². The van der Waals surface area contributed by atoms with E-state index in [4.69, 9.17) is 16.3 Å². The van der Waals surface area contributed by atoms with E-state index in [0.29, 0.717) is 17.4 Å². The van der Waals surface area contributed by atoms with Crippen molar-refractivity contribution in [2.45, 2.75) is 31.3 Å². The highest BCUT2D eigenvalue weighted by Crippen LogP contribution is 2.45. The van der Waals surface area contributed by atoms with Crippen molar-refractivity contribution >= 4 is 23.5 Å². The lowest BCUT2D eigenvalue weighted by Crippen LogP contribution is -2.43. The van der Waals surface area contributed by atoms with Crippen molar-refractivity contribution in [3.63, 3.8) is 0 Å². The maximum Gasteiger partial charge on any atom is 0.233 e. The van der Waals surface area contributed by atoms with Crippen molar-refractivity contribution in [1.29, 1.82) is 0 Å². The van der Waals surface area contributed by atoms with Crippen molar-refractivity contribution in [3.05, 3.63) is 71.0 Å². The number of hydrogen-bond donors (Lipinski definition) is 0. The first kappa shape index (κ1) is 18.2. The van der Waals surface area contributed by atoms with Crippen LogP contribution < -0.4 is 9.64 Å². The highest BCUT2D eigenvalue weighted by Gasteiger charge is 2.44. The van der Waals surface area contributed by atoms with Gasteiger partial charge in [0, 0.05) is 10.9 Å². The van der Waals surface area contributed by atoms with Crippen molar-refractivity contribution in [1.82, 2.24) is 14.8 Å². The second-order valence-electron chi connectivity index (χ2n) is 7.58. The van der Waals surface area contributed by atoms with Crippen LogP contribution in [0.3, 0.4) is 0 Å². The molecule has 2 aromatic carbocycles. The number of ether oxygens (including phenoxy) is 1. The molecule has 7 heteroatoms. The van der Waals surface area contributed by atoms with Gasteiger partial charge in [-0.05, 0) is 54.7 Å². The summed E-state index contributed by atoms with van der Waals surface area (Å²) in [5.41, 5.74) is 2.16. The van der Waals surface area contributed by atoms with Crippen LogP contribution >= 0.6 is 11.6 Å². The average molecular weight is 409 g/mol. The average Bonchev–Trinajstić information content (AvgIpc) is 3.50. The van der Waals surface area contributed by atoms with Crippen LogP contribution in [0.1, 0.15) is 42.5 Å². The number of anilines is 1. The Kier molecular flexibility index (Phi) is 4.51. The number of fused-ring (bicyclic) bond motifs is 1. The van der Waals surface area contributed by atoms with Crippen molar-refractivity contribution in [3.8, 4) is 5.75 Å². The maximum absolute atomic E-state index is 13.2. The van der Waals surface area contributed by atoms with Crippen LogP contribution in [-0.2, 0) is 4.79 Å². The number of carbonyl (C=O) groups is 1. The molecular weight excluding hydrogens is 388 g/mol. The van der Waals surface area contributed by atoms with E-state index in [-0.39, 0.29) is 23.9 Å². The zero-order chi connectivity index (χ0) is 20.0. The van der Waals surface area contributed by atoms with Gasteiger partial charge in [0.2, 0.25) is 11.9 Å². The van der Waals surface area contributed by atoms with Crippen LogP contribution in [0.15, 0.2) is 54.9 Å². The second-order valence-corrected chi connectivity index (χ2v) is 8.02. The first-order valence-electron chi connectivity index (χ1n) is 9.77. The van der Waals surface area contributed by atoms with Gasteiger partial charge in [0.05, 0.1) is 19.2 Å². The number of carbonyl (C=O) groups excluding carboxylic acids is 1. The molecule has 1 aliphatic heterocycles. The van der Waals surface area contributed by atoms with E-state index >= 15 is 0 Å². The van der Waals surface area contributed by atoms with Crippen LogP contribution in [0.5, 0.6) is 5.75 Å². The molecule has 1 aromatic heterocycles. The van der Waals surface area contributed by atoms with Crippen LogP contribution in [0, 0.1) is 5.92 Å². The lowest BCUT2D eigenvalue weighted by Gasteiger charge is -2.39. The minimum absolute atomic E-state index is 0.0256. The van der Waals surface area contributed by atoms with Crippen molar-refractivity contribution in [2.24, 2.45) is 5.92 Å². The fourth-order valence-electron chi connectivity index (χ4n) is 4.05. The van der Waals surface area contributed by atoms with E-state index < -0.39 is 0 Å². The molecule has 0 N–H and O–H groups in total. The van der Waals surface area contributed by atoms with Gasteiger partial charge in [0.15, 0.2) is 0 Å². The van der Waals surface area contributed by atoms with Gasteiger partial charge in [-0.2, -0.15) is 10.1 Å². The predicted molar refractivity (Wildman–Crippen MR) is 110 cm³/mol. The maximum atomic E-state index is 13.2. The Morgan fingerprint density at radius 3 is 2.34 bits per heavy atom. The van der Waals surface area contributed by atoms with E-state index in [9.17, 15) is 4.79 Å². The van der Waals surface area contributed by atoms with Crippen LogP contribution in [-0.4, -0.2) is 27.8 Å². The molecule has 2 atom stereocenters. The molecule has 1 saturated carbocycles. The highest BCUT2D eigenvalue weighted by atomic mass is 35.5. The Morgan fingerprint density at radius 1 is 1.03 bits per heavy atom. The molecule has 2 heterocycles. The molecule has 0 bridgehead atoms. The molecule has 3 aromatic rings.